The average molecular weight is 290 g/mol. The number of pyridine rings is 1. The van der Waals surface area contributed by atoms with E-state index in [0.717, 1.165) is 0 Å². The highest BCUT2D eigenvalue weighted by Gasteiger charge is 2.45. The van der Waals surface area contributed by atoms with Crippen molar-refractivity contribution in [1.82, 2.24) is 20.0 Å². The molecule has 3 heterocycles. The highest BCUT2D eigenvalue weighted by atomic mass is 19.1. The Labute approximate surface area is 121 Å². The number of carbonyl (C=O) groups excluding carboxylic acids is 1. The number of likely N-dealkylation sites (tertiary alicyclic amines) is 1. The van der Waals surface area contributed by atoms with Crippen molar-refractivity contribution in [2.75, 3.05) is 13.1 Å². The van der Waals surface area contributed by atoms with E-state index in [0.29, 0.717) is 18.5 Å². The molecule has 6 nitrogen and oxygen atoms in total. The summed E-state index contributed by atoms with van der Waals surface area (Å²) in [5, 5.41) is 3.75. The highest BCUT2D eigenvalue weighted by molar-refractivity contribution is 5.76. The standard InChI is InChI=1S/C14H15FN4O2/c1-2-11(20)19-8-5-14(15,9-19)13-17-12(21-18-13)10-3-6-16-7-4-10/h3-4,6-7H,2,5,8-9H2,1H3. The van der Waals surface area contributed by atoms with E-state index >= 15 is 0 Å². The summed E-state index contributed by atoms with van der Waals surface area (Å²) in [5.74, 6) is 0.192. The van der Waals surface area contributed by atoms with Crippen molar-refractivity contribution >= 4 is 5.91 Å². The molecular formula is C14H15FN4O2. The Balaban J connectivity index is 1.82. The van der Waals surface area contributed by atoms with Crippen LogP contribution in [0.1, 0.15) is 25.6 Å². The lowest BCUT2D eigenvalue weighted by atomic mass is 10.1. The van der Waals surface area contributed by atoms with Crippen LogP contribution in [0, 0.1) is 0 Å². The van der Waals surface area contributed by atoms with Gasteiger partial charge in [0.25, 0.3) is 5.89 Å². The summed E-state index contributed by atoms with van der Waals surface area (Å²) < 4.78 is 20.0. The van der Waals surface area contributed by atoms with E-state index in [1.54, 1.807) is 31.5 Å². The van der Waals surface area contributed by atoms with Gasteiger partial charge in [-0.25, -0.2) is 4.39 Å². The summed E-state index contributed by atoms with van der Waals surface area (Å²) >= 11 is 0. The molecule has 0 bridgehead atoms. The monoisotopic (exact) mass is 290 g/mol. The zero-order valence-corrected chi connectivity index (χ0v) is 11.6. The summed E-state index contributed by atoms with van der Waals surface area (Å²) in [6.45, 7) is 2.12. The van der Waals surface area contributed by atoms with Gasteiger partial charge in [-0.1, -0.05) is 12.1 Å². The summed E-state index contributed by atoms with van der Waals surface area (Å²) in [4.78, 5) is 21.2. The van der Waals surface area contributed by atoms with Crippen molar-refractivity contribution in [3.05, 3.63) is 30.4 Å². The molecule has 0 N–H and O–H groups in total. The first-order valence-corrected chi connectivity index (χ1v) is 6.83. The van der Waals surface area contributed by atoms with Gasteiger partial charge in [-0.2, -0.15) is 4.98 Å². The van der Waals surface area contributed by atoms with Gasteiger partial charge in [-0.3, -0.25) is 9.78 Å². The third-order valence-corrected chi connectivity index (χ3v) is 3.63. The number of amides is 1. The fourth-order valence-electron chi connectivity index (χ4n) is 2.41. The predicted octanol–water partition coefficient (Wildman–Crippen LogP) is 1.94. The average Bonchev–Trinajstić information content (AvgIpc) is 3.15. The summed E-state index contributed by atoms with van der Waals surface area (Å²) in [7, 11) is 0. The summed E-state index contributed by atoms with van der Waals surface area (Å²) in [5.41, 5.74) is -1.05. The van der Waals surface area contributed by atoms with Crippen molar-refractivity contribution in [3.63, 3.8) is 0 Å². The molecule has 2 aromatic heterocycles. The maximum absolute atomic E-state index is 14.9. The molecule has 2 aromatic rings. The van der Waals surface area contributed by atoms with Gasteiger partial charge < -0.3 is 9.42 Å². The molecular weight excluding hydrogens is 275 g/mol. The fraction of sp³-hybridized carbons (Fsp3) is 0.429. The van der Waals surface area contributed by atoms with Crippen molar-refractivity contribution in [2.45, 2.75) is 25.4 Å². The third-order valence-electron chi connectivity index (χ3n) is 3.63. The molecule has 1 amide bonds. The van der Waals surface area contributed by atoms with Gasteiger partial charge in [0.05, 0.1) is 6.54 Å². The van der Waals surface area contributed by atoms with E-state index in [1.807, 2.05) is 0 Å². The molecule has 1 fully saturated rings. The minimum absolute atomic E-state index is 0.000662. The van der Waals surface area contributed by atoms with E-state index in [2.05, 4.69) is 15.1 Å². The molecule has 7 heteroatoms. The van der Waals surface area contributed by atoms with Gasteiger partial charge >= 0.3 is 0 Å². The first-order valence-electron chi connectivity index (χ1n) is 6.83. The minimum atomic E-state index is -1.74. The molecule has 110 valence electrons. The molecule has 0 aromatic carbocycles. The number of carbonyl (C=O) groups is 1. The van der Waals surface area contributed by atoms with E-state index in [9.17, 15) is 9.18 Å². The largest absolute Gasteiger partial charge is 0.339 e. The fourth-order valence-corrected chi connectivity index (χ4v) is 2.41. The van der Waals surface area contributed by atoms with Gasteiger partial charge in [-0.15, -0.1) is 0 Å². The zero-order valence-electron chi connectivity index (χ0n) is 11.6. The van der Waals surface area contributed by atoms with E-state index in [4.69, 9.17) is 4.52 Å². The molecule has 1 unspecified atom stereocenters. The Morgan fingerprint density at radius 3 is 2.95 bits per heavy atom. The molecule has 0 aliphatic carbocycles. The van der Waals surface area contributed by atoms with Crippen LogP contribution in [0.3, 0.4) is 0 Å². The lowest BCUT2D eigenvalue weighted by Gasteiger charge is -2.17. The van der Waals surface area contributed by atoms with Crippen LogP contribution in [0.4, 0.5) is 4.39 Å². The second kappa shape index (κ2) is 5.23. The van der Waals surface area contributed by atoms with Crippen LogP contribution >= 0.6 is 0 Å². The van der Waals surface area contributed by atoms with Crippen LogP contribution in [0.2, 0.25) is 0 Å². The van der Waals surface area contributed by atoms with Crippen LogP contribution in [0.25, 0.3) is 11.5 Å². The number of alkyl halides is 1. The molecule has 1 aliphatic heterocycles. The molecule has 21 heavy (non-hydrogen) atoms. The van der Waals surface area contributed by atoms with E-state index < -0.39 is 5.67 Å². The number of hydrogen-bond donors (Lipinski definition) is 0. The molecule has 0 radical (unpaired) electrons. The maximum atomic E-state index is 14.9. The lowest BCUT2D eigenvalue weighted by Crippen LogP contribution is -2.32. The lowest BCUT2D eigenvalue weighted by molar-refractivity contribution is -0.130. The quantitative estimate of drug-likeness (QED) is 0.863. The van der Waals surface area contributed by atoms with Gasteiger partial charge in [0, 0.05) is 37.3 Å². The second-order valence-corrected chi connectivity index (χ2v) is 5.04. The Hall–Kier alpha value is -2.31. The third kappa shape index (κ3) is 2.51. The molecule has 3 rings (SSSR count). The van der Waals surface area contributed by atoms with Crippen molar-refractivity contribution in [1.29, 1.82) is 0 Å². The van der Waals surface area contributed by atoms with Crippen LogP contribution in [0.5, 0.6) is 0 Å². The number of nitrogens with zero attached hydrogens (tertiary/aromatic N) is 4. The maximum Gasteiger partial charge on any atom is 0.258 e. The number of aromatic nitrogens is 3. The van der Waals surface area contributed by atoms with Gasteiger partial charge in [0.1, 0.15) is 0 Å². The molecule has 0 spiro atoms. The Kier molecular flexibility index (Phi) is 3.40. The Bertz CT molecular complexity index is 645. The van der Waals surface area contributed by atoms with Gasteiger partial charge in [-0.05, 0) is 12.1 Å². The molecule has 1 aliphatic rings. The van der Waals surface area contributed by atoms with E-state index in [1.165, 1.54) is 4.90 Å². The normalized spacial score (nSPS) is 21.7. The highest BCUT2D eigenvalue weighted by Crippen LogP contribution is 2.35. The van der Waals surface area contributed by atoms with Crippen LogP contribution in [-0.2, 0) is 10.5 Å². The summed E-state index contributed by atoms with van der Waals surface area (Å²) in [6, 6.07) is 3.42. The first-order chi connectivity index (χ1) is 10.1. The number of hydrogen-bond acceptors (Lipinski definition) is 5. The molecule has 1 atom stereocenters. The Morgan fingerprint density at radius 1 is 1.48 bits per heavy atom. The minimum Gasteiger partial charge on any atom is -0.339 e. The van der Waals surface area contributed by atoms with Gasteiger partial charge in [0.2, 0.25) is 11.7 Å². The van der Waals surface area contributed by atoms with Crippen LogP contribution < -0.4 is 0 Å². The SMILES string of the molecule is CCC(=O)N1CCC(F)(c2noc(-c3ccncc3)n2)C1. The first kappa shape index (κ1) is 13.7. The number of rotatable bonds is 3. The predicted molar refractivity (Wildman–Crippen MR) is 71.8 cm³/mol. The zero-order chi connectivity index (χ0) is 14.9. The Morgan fingerprint density at radius 2 is 2.24 bits per heavy atom. The second-order valence-electron chi connectivity index (χ2n) is 5.04. The van der Waals surface area contributed by atoms with Crippen molar-refractivity contribution in [3.8, 4) is 11.5 Å². The van der Waals surface area contributed by atoms with Crippen molar-refractivity contribution in [2.24, 2.45) is 0 Å². The van der Waals surface area contributed by atoms with Gasteiger partial charge in [0.15, 0.2) is 5.67 Å². The van der Waals surface area contributed by atoms with E-state index in [-0.39, 0.29) is 30.6 Å². The van der Waals surface area contributed by atoms with Crippen LogP contribution in [0.15, 0.2) is 29.0 Å². The molecule has 0 saturated carbocycles. The summed E-state index contributed by atoms with van der Waals surface area (Å²) in [6.07, 6.45) is 3.75. The number of halogens is 1. The van der Waals surface area contributed by atoms with Crippen LogP contribution in [-0.4, -0.2) is 39.0 Å². The topological polar surface area (TPSA) is 72.1 Å². The van der Waals surface area contributed by atoms with Crippen molar-refractivity contribution < 1.29 is 13.7 Å². The molecule has 1 saturated heterocycles. The smallest absolute Gasteiger partial charge is 0.258 e.